The van der Waals surface area contributed by atoms with E-state index in [2.05, 4.69) is 19.1 Å². The Labute approximate surface area is 181 Å². The Kier molecular flexibility index (Phi) is 30.7. The van der Waals surface area contributed by atoms with E-state index in [9.17, 15) is 4.79 Å². The van der Waals surface area contributed by atoms with Crippen LogP contribution in [0.5, 0.6) is 0 Å². The monoisotopic (exact) mass is 380 g/mol. The molecule has 0 fully saturated rings. The van der Waals surface area contributed by atoms with Crippen LogP contribution in [-0.2, 0) is 21.9 Å². The van der Waals surface area contributed by atoms with Crippen molar-refractivity contribution in [3.8, 4) is 0 Å². The number of aliphatic carboxylic acids is 1. The van der Waals surface area contributed by atoms with E-state index >= 15 is 0 Å². The normalized spacial score (nSPS) is 10.2. The molecule has 0 saturated carbocycles. The smallest absolute Gasteiger partial charge is 1.00 e. The Hall–Kier alpha value is 0.989. The maximum Gasteiger partial charge on any atom is 2.00 e. The van der Waals surface area contributed by atoms with Gasteiger partial charge >= 0.3 is 43.7 Å². The maximum atomic E-state index is 10.3. The molecule has 22 heavy (non-hydrogen) atoms. The fraction of sp³-hybridized carbons (Fsp3) is 0.833. The summed E-state index contributed by atoms with van der Waals surface area (Å²) in [6, 6.07) is 0. The second-order valence-electron chi connectivity index (χ2n) is 5.73. The minimum Gasteiger partial charge on any atom is -1.00 e. The van der Waals surface area contributed by atoms with Gasteiger partial charge in [-0.3, -0.25) is 4.79 Å². The van der Waals surface area contributed by atoms with Gasteiger partial charge in [-0.05, 0) is 32.1 Å². The van der Waals surface area contributed by atoms with Crippen LogP contribution < -0.4 is 0 Å². The molecule has 0 unspecified atom stereocenters. The van der Waals surface area contributed by atoms with Crippen LogP contribution in [0.15, 0.2) is 12.2 Å². The third-order valence-electron chi connectivity index (χ3n) is 3.65. The van der Waals surface area contributed by atoms with Crippen molar-refractivity contribution in [2.75, 3.05) is 0 Å². The van der Waals surface area contributed by atoms with Crippen LogP contribution in [0, 0.1) is 0 Å². The molecule has 0 amide bonds. The standard InChI is InChI=1S/C18H34O2.Ca.Fe.2H/c1-2-3-4-5-6-7-8-9-10-11-12-13-14-15-16-17-18(19)20;;;;/h9-10H,2-8,11-17H2,1H3,(H,19,20);;;;/q;+2;;2*-1. The summed E-state index contributed by atoms with van der Waals surface area (Å²) in [6.45, 7) is 2.26. The number of carboxylic acid groups (broad SMARTS) is 1. The number of allylic oxidation sites excluding steroid dienone is 2. The van der Waals surface area contributed by atoms with Gasteiger partial charge in [-0.2, -0.15) is 0 Å². The summed E-state index contributed by atoms with van der Waals surface area (Å²) in [4.78, 5) is 10.3. The quantitative estimate of drug-likeness (QED) is 0.217. The van der Waals surface area contributed by atoms with Crippen LogP contribution in [0.4, 0.5) is 0 Å². The second-order valence-corrected chi connectivity index (χ2v) is 5.73. The van der Waals surface area contributed by atoms with Crippen molar-refractivity contribution in [2.45, 2.75) is 96.8 Å². The van der Waals surface area contributed by atoms with Crippen LogP contribution in [0.1, 0.15) is 99.7 Å². The first-order valence-electron chi connectivity index (χ1n) is 8.64. The second kappa shape index (κ2) is 24.2. The fourth-order valence-electron chi connectivity index (χ4n) is 2.35. The first-order chi connectivity index (χ1) is 9.77. The van der Waals surface area contributed by atoms with Crippen molar-refractivity contribution in [1.29, 1.82) is 0 Å². The molecule has 4 heteroatoms. The minimum absolute atomic E-state index is 0. The number of rotatable bonds is 15. The molecule has 0 rings (SSSR count). The Morgan fingerprint density at radius 2 is 1.23 bits per heavy atom. The van der Waals surface area contributed by atoms with Crippen molar-refractivity contribution in [3.05, 3.63) is 12.2 Å². The zero-order valence-corrected chi connectivity index (χ0v) is 17.8. The molecule has 0 aromatic carbocycles. The summed E-state index contributed by atoms with van der Waals surface area (Å²) in [5.41, 5.74) is 0. The van der Waals surface area contributed by atoms with E-state index in [1.54, 1.807) is 0 Å². The van der Waals surface area contributed by atoms with Gasteiger partial charge in [0.25, 0.3) is 0 Å². The average Bonchev–Trinajstić information content (AvgIpc) is 2.43. The van der Waals surface area contributed by atoms with Crippen molar-refractivity contribution < 1.29 is 29.8 Å². The van der Waals surface area contributed by atoms with E-state index in [-0.39, 0.29) is 57.7 Å². The van der Waals surface area contributed by atoms with E-state index < -0.39 is 5.97 Å². The third-order valence-corrected chi connectivity index (χ3v) is 3.65. The summed E-state index contributed by atoms with van der Waals surface area (Å²) in [6.07, 6.45) is 21.2. The number of hydrogen-bond acceptors (Lipinski definition) is 1. The van der Waals surface area contributed by atoms with Crippen LogP contribution in [0.25, 0.3) is 0 Å². The van der Waals surface area contributed by atoms with E-state index in [1.807, 2.05) is 0 Å². The van der Waals surface area contributed by atoms with Crippen LogP contribution >= 0.6 is 0 Å². The predicted octanol–water partition coefficient (Wildman–Crippen LogP) is 5.95. The zero-order valence-electron chi connectivity index (χ0n) is 16.5. The molecule has 0 saturated heterocycles. The summed E-state index contributed by atoms with van der Waals surface area (Å²) < 4.78 is 0. The zero-order chi connectivity index (χ0) is 14.9. The molecule has 0 heterocycles. The van der Waals surface area contributed by atoms with Gasteiger partial charge in [0, 0.05) is 23.5 Å². The molecule has 0 spiro atoms. The van der Waals surface area contributed by atoms with Crippen LogP contribution in [-0.4, -0.2) is 48.8 Å². The SMILES string of the molecule is CCCCCCCCC=CCCCCCCCC(=O)O.[Ca+2].[Fe].[H-].[H-]. The first-order valence-corrected chi connectivity index (χ1v) is 8.64. The average molecular weight is 380 g/mol. The van der Waals surface area contributed by atoms with Gasteiger partial charge in [0.05, 0.1) is 0 Å². The van der Waals surface area contributed by atoms with E-state index in [0.29, 0.717) is 6.42 Å². The Morgan fingerprint density at radius 1 is 0.818 bits per heavy atom. The summed E-state index contributed by atoms with van der Waals surface area (Å²) in [7, 11) is 0. The number of carbonyl (C=O) groups is 1. The molecule has 2 nitrogen and oxygen atoms in total. The maximum absolute atomic E-state index is 10.3. The minimum atomic E-state index is -0.664. The molecular formula is C18H36CaFeO2. The largest absolute Gasteiger partial charge is 2.00 e. The van der Waals surface area contributed by atoms with Gasteiger partial charge in [0.2, 0.25) is 0 Å². The molecule has 0 aliphatic heterocycles. The van der Waals surface area contributed by atoms with Gasteiger partial charge in [0.1, 0.15) is 0 Å². The summed E-state index contributed by atoms with van der Waals surface area (Å²) in [5.74, 6) is -0.664. The molecular weight excluding hydrogens is 344 g/mol. The van der Waals surface area contributed by atoms with Crippen molar-refractivity contribution in [2.24, 2.45) is 0 Å². The van der Waals surface area contributed by atoms with Crippen molar-refractivity contribution in [1.82, 2.24) is 0 Å². The number of unbranched alkanes of at least 4 members (excludes halogenated alkanes) is 11. The molecule has 0 aromatic rings. The van der Waals surface area contributed by atoms with E-state index in [4.69, 9.17) is 5.11 Å². The topological polar surface area (TPSA) is 37.3 Å². The fourth-order valence-corrected chi connectivity index (χ4v) is 2.35. The Bertz CT molecular complexity index is 255. The van der Waals surface area contributed by atoms with E-state index in [1.165, 1.54) is 70.6 Å². The van der Waals surface area contributed by atoms with Crippen LogP contribution in [0.3, 0.4) is 0 Å². The Balaban J connectivity index is -0.000000301. The molecule has 0 aromatic heterocycles. The number of carboxylic acids is 1. The van der Waals surface area contributed by atoms with Gasteiger partial charge in [-0.25, -0.2) is 0 Å². The summed E-state index contributed by atoms with van der Waals surface area (Å²) >= 11 is 0. The van der Waals surface area contributed by atoms with Gasteiger partial charge in [0.15, 0.2) is 0 Å². The van der Waals surface area contributed by atoms with Gasteiger partial charge in [-0.1, -0.05) is 70.4 Å². The van der Waals surface area contributed by atoms with E-state index in [0.717, 1.165) is 12.8 Å². The molecule has 1 N–H and O–H groups in total. The van der Waals surface area contributed by atoms with Gasteiger partial charge in [-0.15, -0.1) is 0 Å². The molecule has 0 radical (unpaired) electrons. The first kappa shape index (κ1) is 27.8. The molecule has 0 aliphatic rings. The molecule has 0 bridgehead atoms. The molecule has 130 valence electrons. The number of hydrogen-bond donors (Lipinski definition) is 1. The molecule has 0 atom stereocenters. The Morgan fingerprint density at radius 3 is 1.68 bits per heavy atom. The summed E-state index contributed by atoms with van der Waals surface area (Å²) in [5, 5.41) is 8.51. The van der Waals surface area contributed by atoms with Crippen LogP contribution in [0.2, 0.25) is 0 Å². The molecule has 0 aliphatic carbocycles. The predicted molar refractivity (Wildman–Crippen MR) is 95.1 cm³/mol. The van der Waals surface area contributed by atoms with Gasteiger partial charge < -0.3 is 7.96 Å². The third kappa shape index (κ3) is 25.9. The van der Waals surface area contributed by atoms with Crippen molar-refractivity contribution in [3.63, 3.8) is 0 Å². The van der Waals surface area contributed by atoms with Crippen molar-refractivity contribution >= 4 is 43.7 Å².